The molecule has 6 nitrogen and oxygen atoms in total. The molecule has 0 spiro atoms. The summed E-state index contributed by atoms with van der Waals surface area (Å²) in [5.74, 6) is 0.592. The van der Waals surface area contributed by atoms with Crippen molar-refractivity contribution in [3.05, 3.63) is 12.7 Å². The minimum atomic E-state index is 0.592. The van der Waals surface area contributed by atoms with E-state index < -0.39 is 0 Å². The summed E-state index contributed by atoms with van der Waals surface area (Å²) in [6.07, 6.45) is 4.89. The first kappa shape index (κ1) is 17.0. The number of nitrogens with zero attached hydrogens (tertiary/aromatic N) is 6. The summed E-state index contributed by atoms with van der Waals surface area (Å²) in [7, 11) is 5.70. The maximum atomic E-state index is 4.22. The van der Waals surface area contributed by atoms with E-state index in [1.54, 1.807) is 12.7 Å². The zero-order valence-corrected chi connectivity index (χ0v) is 12.9. The third-order valence-electron chi connectivity index (χ3n) is 1.89. The molecule has 2 rings (SSSR count). The molecule has 6 heteroatoms. The van der Waals surface area contributed by atoms with Crippen LogP contribution in [0.2, 0.25) is 0 Å². The Bertz CT molecular complexity index is 501. The van der Waals surface area contributed by atoms with E-state index in [0.29, 0.717) is 5.82 Å². The Balaban J connectivity index is 0.000000741. The van der Waals surface area contributed by atoms with Gasteiger partial charge in [-0.2, -0.15) is 0 Å². The summed E-state index contributed by atoms with van der Waals surface area (Å²) in [6.45, 7) is 8.00. The highest BCUT2D eigenvalue weighted by Gasteiger charge is 2.06. The first-order valence-corrected chi connectivity index (χ1v) is 6.51. The average Bonchev–Trinajstić information content (AvgIpc) is 2.83. The lowest BCUT2D eigenvalue weighted by Gasteiger charge is -2.01. The lowest BCUT2D eigenvalue weighted by molar-refractivity contribution is 0.643. The Hall–Kier alpha value is -1.98. The second kappa shape index (κ2) is 9.02. The molecular weight excluding hydrogens is 240 g/mol. The number of hydrogen-bond acceptors (Lipinski definition) is 4. The van der Waals surface area contributed by atoms with Gasteiger partial charge in [-0.1, -0.05) is 27.7 Å². The molecule has 19 heavy (non-hydrogen) atoms. The van der Waals surface area contributed by atoms with Crippen LogP contribution in [0.25, 0.3) is 11.2 Å². The van der Waals surface area contributed by atoms with Gasteiger partial charge in [0.25, 0.3) is 0 Å². The van der Waals surface area contributed by atoms with Gasteiger partial charge >= 0.3 is 0 Å². The molecule has 106 valence electrons. The fourth-order valence-corrected chi connectivity index (χ4v) is 1.20. The minimum Gasteiger partial charge on any atom is -0.369 e. The lowest BCUT2D eigenvalue weighted by atomic mass is 10.5. The second-order valence-electron chi connectivity index (χ2n) is 3.43. The van der Waals surface area contributed by atoms with Gasteiger partial charge in [-0.15, -0.1) is 0 Å². The fourth-order valence-electron chi connectivity index (χ4n) is 1.20. The quantitative estimate of drug-likeness (QED) is 0.618. The number of aromatic nitrogens is 4. The molecule has 0 N–H and O–H groups in total. The third-order valence-corrected chi connectivity index (χ3v) is 1.89. The van der Waals surface area contributed by atoms with Gasteiger partial charge in [0.1, 0.15) is 6.33 Å². The zero-order valence-electron chi connectivity index (χ0n) is 12.9. The van der Waals surface area contributed by atoms with E-state index in [9.17, 15) is 0 Å². The highest BCUT2D eigenvalue weighted by Crippen LogP contribution is 2.18. The highest BCUT2D eigenvalue weighted by atomic mass is 15.1. The van der Waals surface area contributed by atoms with E-state index in [-0.39, 0.29) is 0 Å². The van der Waals surface area contributed by atoms with Crippen LogP contribution in [0, 0.1) is 0 Å². The predicted molar refractivity (Wildman–Crippen MR) is 80.8 cm³/mol. The topological polar surface area (TPSA) is 59.2 Å². The van der Waals surface area contributed by atoms with Crippen molar-refractivity contribution in [2.75, 3.05) is 14.1 Å². The van der Waals surface area contributed by atoms with Crippen LogP contribution >= 0.6 is 0 Å². The van der Waals surface area contributed by atoms with E-state index in [2.05, 4.69) is 19.9 Å². The van der Waals surface area contributed by atoms with Crippen LogP contribution in [0.1, 0.15) is 27.7 Å². The van der Waals surface area contributed by atoms with Gasteiger partial charge in [0.15, 0.2) is 17.0 Å². The highest BCUT2D eigenvalue weighted by molar-refractivity contribution is 5.82. The molecule has 0 bridgehead atoms. The summed E-state index contributed by atoms with van der Waals surface area (Å²) in [4.78, 5) is 18.5. The van der Waals surface area contributed by atoms with Crippen LogP contribution in [0.4, 0.5) is 5.82 Å². The number of hydrogen-bond donors (Lipinski definition) is 0. The largest absolute Gasteiger partial charge is 0.369 e. The van der Waals surface area contributed by atoms with Crippen molar-refractivity contribution >= 4 is 23.3 Å². The van der Waals surface area contributed by atoms with E-state index in [4.69, 9.17) is 0 Å². The summed E-state index contributed by atoms with van der Waals surface area (Å²) >= 11 is 0. The average molecular weight is 264 g/mol. The Kier molecular flexibility index (Phi) is 8.08. The van der Waals surface area contributed by atoms with Crippen LogP contribution in [0.5, 0.6) is 0 Å². The molecular formula is C13H24N6. The Morgan fingerprint density at radius 3 is 2.32 bits per heavy atom. The Labute approximate surface area is 115 Å². The maximum absolute atomic E-state index is 4.22. The molecule has 0 radical (unpaired) electrons. The molecule has 0 atom stereocenters. The SMILES string of the molecule is CC.CC.CN(C)/C=N\c1ncnc2c1ncn2C. The first-order chi connectivity index (χ1) is 9.18. The molecule has 2 aromatic heterocycles. The van der Waals surface area contributed by atoms with Crippen LogP contribution in [-0.2, 0) is 7.05 Å². The number of rotatable bonds is 2. The van der Waals surface area contributed by atoms with Crippen molar-refractivity contribution in [3.8, 4) is 0 Å². The van der Waals surface area contributed by atoms with Crippen molar-refractivity contribution in [3.63, 3.8) is 0 Å². The second-order valence-corrected chi connectivity index (χ2v) is 3.43. The molecule has 0 aromatic carbocycles. The normalized spacial score (nSPS) is 9.63. The molecule has 2 heterocycles. The van der Waals surface area contributed by atoms with E-state index in [1.165, 1.54) is 6.33 Å². The van der Waals surface area contributed by atoms with Crippen molar-refractivity contribution in [2.24, 2.45) is 12.0 Å². The van der Waals surface area contributed by atoms with Gasteiger partial charge < -0.3 is 9.47 Å². The van der Waals surface area contributed by atoms with Crippen molar-refractivity contribution in [2.45, 2.75) is 27.7 Å². The lowest BCUT2D eigenvalue weighted by Crippen LogP contribution is -2.07. The predicted octanol–water partition coefficient (Wildman–Crippen LogP) is 2.64. The molecule has 0 saturated carbocycles. The van der Waals surface area contributed by atoms with Crippen molar-refractivity contribution in [1.82, 2.24) is 24.4 Å². The molecule has 2 aromatic rings. The van der Waals surface area contributed by atoms with Crippen LogP contribution in [-0.4, -0.2) is 44.9 Å². The number of aryl methyl sites for hydroxylation is 1. The van der Waals surface area contributed by atoms with Gasteiger partial charge in [0.2, 0.25) is 0 Å². The van der Waals surface area contributed by atoms with Crippen LogP contribution < -0.4 is 0 Å². The standard InChI is InChI=1S/C9H12N6.2C2H6/c1-14(2)5-13-8-7-9(11-4-10-8)15(3)6-12-7;2*1-2/h4-6H,1-3H3;2*1-2H3/b13-5-;;. The van der Waals surface area contributed by atoms with Gasteiger partial charge in [0.05, 0.1) is 12.7 Å². The summed E-state index contributed by atoms with van der Waals surface area (Å²) in [6, 6.07) is 0. The smallest absolute Gasteiger partial charge is 0.184 e. The van der Waals surface area contributed by atoms with Crippen molar-refractivity contribution < 1.29 is 0 Å². The summed E-state index contributed by atoms with van der Waals surface area (Å²) in [5.41, 5.74) is 1.51. The van der Waals surface area contributed by atoms with Gasteiger partial charge in [0, 0.05) is 21.1 Å². The minimum absolute atomic E-state index is 0.592. The first-order valence-electron chi connectivity index (χ1n) is 6.51. The Morgan fingerprint density at radius 2 is 1.74 bits per heavy atom. The molecule has 0 fully saturated rings. The van der Waals surface area contributed by atoms with Crippen LogP contribution in [0.15, 0.2) is 17.6 Å². The monoisotopic (exact) mass is 264 g/mol. The van der Waals surface area contributed by atoms with Crippen LogP contribution in [0.3, 0.4) is 0 Å². The number of aliphatic imine (C=N–C) groups is 1. The third kappa shape index (κ3) is 4.65. The van der Waals surface area contributed by atoms with Gasteiger partial charge in [-0.25, -0.2) is 19.9 Å². The number of fused-ring (bicyclic) bond motifs is 1. The summed E-state index contributed by atoms with van der Waals surface area (Å²) < 4.78 is 1.84. The zero-order chi connectivity index (χ0) is 14.8. The molecule has 0 aliphatic carbocycles. The van der Waals surface area contributed by atoms with Gasteiger partial charge in [-0.05, 0) is 0 Å². The molecule has 0 saturated heterocycles. The number of imidazole rings is 1. The molecule has 0 aliphatic heterocycles. The van der Waals surface area contributed by atoms with E-state index in [0.717, 1.165) is 11.2 Å². The molecule has 0 aliphatic rings. The Morgan fingerprint density at radius 1 is 1.11 bits per heavy atom. The van der Waals surface area contributed by atoms with E-state index in [1.807, 2.05) is 58.3 Å². The van der Waals surface area contributed by atoms with Gasteiger partial charge in [-0.3, -0.25) is 0 Å². The molecule has 0 amide bonds. The fraction of sp³-hybridized carbons (Fsp3) is 0.538. The van der Waals surface area contributed by atoms with Crippen molar-refractivity contribution in [1.29, 1.82) is 0 Å². The molecule has 0 unspecified atom stereocenters. The maximum Gasteiger partial charge on any atom is 0.184 e. The van der Waals surface area contributed by atoms with E-state index >= 15 is 0 Å². The summed E-state index contributed by atoms with van der Waals surface area (Å²) in [5, 5.41) is 0.